The maximum absolute atomic E-state index is 12.0. The van der Waals surface area contributed by atoms with Crippen LogP contribution in [0.25, 0.3) is 0 Å². The first kappa shape index (κ1) is 15.9. The molecule has 0 saturated heterocycles. The van der Waals surface area contributed by atoms with E-state index in [4.69, 9.17) is 5.73 Å². The fourth-order valence-electron chi connectivity index (χ4n) is 2.19. The van der Waals surface area contributed by atoms with Gasteiger partial charge in [0, 0.05) is 25.2 Å². The lowest BCUT2D eigenvalue weighted by molar-refractivity contribution is -0.117. The molecule has 0 atom stereocenters. The van der Waals surface area contributed by atoms with Crippen LogP contribution in [0.4, 0.5) is 5.69 Å². The van der Waals surface area contributed by atoms with Gasteiger partial charge in [-0.05, 0) is 37.0 Å². The molecule has 0 heterocycles. The molecular weight excluding hydrogens is 290 g/mol. The second-order valence-electron chi connectivity index (χ2n) is 5.26. The lowest BCUT2D eigenvalue weighted by Gasteiger charge is -2.24. The standard InChI is InChI=1S/C14H21N3O3S/c15-7-8-16-21(19,20)13-6-2-5-12(10-13)17-14(18)9-11-3-1-4-11/h2,5-6,10-11,16H,1,3-4,7-9,15H2,(H,17,18). The molecule has 21 heavy (non-hydrogen) atoms. The molecule has 0 radical (unpaired) electrons. The highest BCUT2D eigenvalue weighted by molar-refractivity contribution is 7.89. The van der Waals surface area contributed by atoms with E-state index in [0.29, 0.717) is 18.0 Å². The average Bonchev–Trinajstić information content (AvgIpc) is 2.41. The Balaban J connectivity index is 2.01. The number of nitrogens with one attached hydrogen (secondary N) is 2. The van der Waals surface area contributed by atoms with Gasteiger partial charge in [-0.3, -0.25) is 4.79 Å². The SMILES string of the molecule is NCCNS(=O)(=O)c1cccc(NC(=O)CC2CCC2)c1. The molecule has 0 spiro atoms. The number of hydrogen-bond acceptors (Lipinski definition) is 4. The molecule has 116 valence electrons. The van der Waals surface area contributed by atoms with Gasteiger partial charge in [0.2, 0.25) is 15.9 Å². The second kappa shape index (κ2) is 7.02. The number of sulfonamides is 1. The number of benzene rings is 1. The van der Waals surface area contributed by atoms with E-state index >= 15 is 0 Å². The quantitative estimate of drug-likeness (QED) is 0.700. The maximum Gasteiger partial charge on any atom is 0.240 e. The topological polar surface area (TPSA) is 101 Å². The van der Waals surface area contributed by atoms with Gasteiger partial charge in [-0.25, -0.2) is 13.1 Å². The Hall–Kier alpha value is -1.44. The lowest BCUT2D eigenvalue weighted by Crippen LogP contribution is -2.29. The van der Waals surface area contributed by atoms with Crippen LogP contribution in [-0.2, 0) is 14.8 Å². The smallest absolute Gasteiger partial charge is 0.240 e. The summed E-state index contributed by atoms with van der Waals surface area (Å²) in [4.78, 5) is 12.0. The van der Waals surface area contributed by atoms with E-state index in [9.17, 15) is 13.2 Å². The monoisotopic (exact) mass is 311 g/mol. The van der Waals surface area contributed by atoms with Gasteiger partial charge in [0.1, 0.15) is 0 Å². The molecule has 2 rings (SSSR count). The van der Waals surface area contributed by atoms with Crippen molar-refractivity contribution in [1.82, 2.24) is 4.72 Å². The fraction of sp³-hybridized carbons (Fsp3) is 0.500. The molecule has 1 amide bonds. The summed E-state index contributed by atoms with van der Waals surface area (Å²) in [6.07, 6.45) is 3.90. The minimum absolute atomic E-state index is 0.0656. The highest BCUT2D eigenvalue weighted by Gasteiger charge is 2.21. The van der Waals surface area contributed by atoms with Crippen LogP contribution in [0.5, 0.6) is 0 Å². The summed E-state index contributed by atoms with van der Waals surface area (Å²) in [5, 5.41) is 2.75. The van der Waals surface area contributed by atoms with Gasteiger partial charge in [-0.1, -0.05) is 12.5 Å². The minimum Gasteiger partial charge on any atom is -0.329 e. The zero-order valence-corrected chi connectivity index (χ0v) is 12.7. The number of hydrogen-bond donors (Lipinski definition) is 3. The molecule has 0 bridgehead atoms. The molecular formula is C14H21N3O3S. The van der Waals surface area contributed by atoms with Crippen molar-refractivity contribution in [1.29, 1.82) is 0 Å². The van der Waals surface area contributed by atoms with Crippen LogP contribution in [-0.4, -0.2) is 27.4 Å². The predicted octanol–water partition coefficient (Wildman–Crippen LogP) is 1.05. The maximum atomic E-state index is 12.0. The number of carbonyl (C=O) groups excluding carboxylic acids is 1. The summed E-state index contributed by atoms with van der Waals surface area (Å²) in [6, 6.07) is 6.23. The largest absolute Gasteiger partial charge is 0.329 e. The number of rotatable bonds is 7. The highest BCUT2D eigenvalue weighted by atomic mass is 32.2. The molecule has 1 aliphatic rings. The van der Waals surface area contributed by atoms with Crippen LogP contribution in [0.1, 0.15) is 25.7 Å². The third kappa shape index (κ3) is 4.52. The van der Waals surface area contributed by atoms with Gasteiger partial charge in [0.15, 0.2) is 0 Å². The highest BCUT2D eigenvalue weighted by Crippen LogP contribution is 2.29. The van der Waals surface area contributed by atoms with Crippen LogP contribution >= 0.6 is 0 Å². The van der Waals surface area contributed by atoms with E-state index in [0.717, 1.165) is 12.8 Å². The van der Waals surface area contributed by atoms with Crippen molar-refractivity contribution < 1.29 is 13.2 Å². The molecule has 0 aliphatic heterocycles. The Morgan fingerprint density at radius 1 is 1.33 bits per heavy atom. The molecule has 4 N–H and O–H groups in total. The number of carbonyl (C=O) groups is 1. The Morgan fingerprint density at radius 3 is 2.71 bits per heavy atom. The zero-order chi connectivity index (χ0) is 15.3. The first-order valence-electron chi connectivity index (χ1n) is 7.11. The first-order valence-corrected chi connectivity index (χ1v) is 8.59. The predicted molar refractivity (Wildman–Crippen MR) is 81.3 cm³/mol. The summed E-state index contributed by atoms with van der Waals surface area (Å²) >= 11 is 0. The average molecular weight is 311 g/mol. The Labute approximate surface area is 125 Å². The van der Waals surface area contributed by atoms with E-state index in [-0.39, 0.29) is 23.9 Å². The van der Waals surface area contributed by atoms with Gasteiger partial charge in [0.05, 0.1) is 4.90 Å². The Bertz CT molecular complexity index is 597. The van der Waals surface area contributed by atoms with Gasteiger partial charge in [0.25, 0.3) is 0 Å². The van der Waals surface area contributed by atoms with Crippen LogP contribution in [0, 0.1) is 5.92 Å². The normalized spacial score (nSPS) is 15.5. The van der Waals surface area contributed by atoms with Crippen LogP contribution in [0.3, 0.4) is 0 Å². The number of anilines is 1. The molecule has 0 unspecified atom stereocenters. The van der Waals surface area contributed by atoms with Gasteiger partial charge in [-0.2, -0.15) is 0 Å². The molecule has 1 aliphatic carbocycles. The zero-order valence-electron chi connectivity index (χ0n) is 11.8. The van der Waals surface area contributed by atoms with Crippen molar-refractivity contribution in [2.24, 2.45) is 11.7 Å². The number of nitrogens with two attached hydrogens (primary N) is 1. The van der Waals surface area contributed by atoms with Crippen molar-refractivity contribution in [3.8, 4) is 0 Å². The van der Waals surface area contributed by atoms with E-state index in [1.54, 1.807) is 12.1 Å². The van der Waals surface area contributed by atoms with Crippen LogP contribution < -0.4 is 15.8 Å². The van der Waals surface area contributed by atoms with E-state index in [1.807, 2.05) is 0 Å². The molecule has 1 aromatic carbocycles. The summed E-state index contributed by atoms with van der Waals surface area (Å²) in [5.74, 6) is 0.410. The molecule has 1 fully saturated rings. The summed E-state index contributed by atoms with van der Waals surface area (Å²) in [6.45, 7) is 0.414. The third-order valence-electron chi connectivity index (χ3n) is 3.56. The Kier molecular flexibility index (Phi) is 5.33. The van der Waals surface area contributed by atoms with E-state index in [2.05, 4.69) is 10.0 Å². The lowest BCUT2D eigenvalue weighted by atomic mass is 9.83. The molecule has 7 heteroatoms. The molecule has 0 aromatic heterocycles. The fourth-order valence-corrected chi connectivity index (χ4v) is 3.28. The number of amides is 1. The summed E-state index contributed by atoms with van der Waals surface area (Å²) in [7, 11) is -3.58. The van der Waals surface area contributed by atoms with Crippen molar-refractivity contribution in [3.63, 3.8) is 0 Å². The molecule has 1 aromatic rings. The first-order chi connectivity index (χ1) is 10.0. The minimum atomic E-state index is -3.58. The van der Waals surface area contributed by atoms with Crippen LogP contribution in [0.2, 0.25) is 0 Å². The van der Waals surface area contributed by atoms with E-state index in [1.165, 1.54) is 18.6 Å². The van der Waals surface area contributed by atoms with Crippen molar-refractivity contribution >= 4 is 21.6 Å². The molecule has 1 saturated carbocycles. The van der Waals surface area contributed by atoms with Crippen molar-refractivity contribution in [3.05, 3.63) is 24.3 Å². The summed E-state index contributed by atoms with van der Waals surface area (Å²) in [5.41, 5.74) is 5.79. The van der Waals surface area contributed by atoms with Crippen molar-refractivity contribution in [2.75, 3.05) is 18.4 Å². The Morgan fingerprint density at radius 2 is 2.10 bits per heavy atom. The second-order valence-corrected chi connectivity index (χ2v) is 7.03. The summed E-state index contributed by atoms with van der Waals surface area (Å²) < 4.78 is 26.4. The molecule has 6 nitrogen and oxygen atoms in total. The van der Waals surface area contributed by atoms with Gasteiger partial charge in [-0.15, -0.1) is 0 Å². The van der Waals surface area contributed by atoms with Gasteiger partial charge >= 0.3 is 0 Å². The van der Waals surface area contributed by atoms with Gasteiger partial charge < -0.3 is 11.1 Å². The van der Waals surface area contributed by atoms with Crippen molar-refractivity contribution in [2.45, 2.75) is 30.6 Å². The van der Waals surface area contributed by atoms with Crippen LogP contribution in [0.15, 0.2) is 29.2 Å². The third-order valence-corrected chi connectivity index (χ3v) is 5.02. The van der Waals surface area contributed by atoms with E-state index < -0.39 is 10.0 Å².